The minimum atomic E-state index is -4.70. The number of halogens is 4. The number of hydrogen-bond acceptors (Lipinski definition) is 4. The number of rotatable bonds is 3. The number of piperidine rings is 2. The van der Waals surface area contributed by atoms with Crippen molar-refractivity contribution >= 4 is 11.8 Å². The first-order chi connectivity index (χ1) is 15.2. The number of ketones is 1. The maximum atomic E-state index is 13.2. The molecular formula is C22H26F4N2O4. The monoisotopic (exact) mass is 458 g/mol. The zero-order valence-electron chi connectivity index (χ0n) is 17.6. The van der Waals surface area contributed by atoms with Gasteiger partial charge in [-0.2, -0.15) is 13.2 Å². The lowest BCUT2D eigenvalue weighted by molar-refractivity contribution is -0.140. The normalized spacial score (nSPS) is 24.9. The van der Waals surface area contributed by atoms with Gasteiger partial charge in [0.2, 0.25) is 0 Å². The Bertz CT molecular complexity index is 855. The fraction of sp³-hybridized carbons (Fsp3) is 0.636. The first-order valence-corrected chi connectivity index (χ1v) is 10.9. The van der Waals surface area contributed by atoms with Crippen molar-refractivity contribution in [2.75, 3.05) is 39.4 Å². The van der Waals surface area contributed by atoms with Crippen LogP contribution in [0.4, 0.5) is 22.4 Å². The zero-order chi connectivity index (χ0) is 22.9. The predicted octanol–water partition coefficient (Wildman–Crippen LogP) is 3.74. The van der Waals surface area contributed by atoms with Gasteiger partial charge in [0.25, 0.3) is 0 Å². The number of fused-ring (bicyclic) bond motifs is 1. The molecule has 10 heteroatoms. The second-order valence-corrected chi connectivity index (χ2v) is 8.75. The number of carbonyl (C=O) groups is 2. The number of carbonyl (C=O) groups excluding carboxylic acids is 2. The highest BCUT2D eigenvalue weighted by Gasteiger charge is 2.38. The summed E-state index contributed by atoms with van der Waals surface area (Å²) >= 11 is 0. The van der Waals surface area contributed by atoms with Crippen LogP contribution < -0.4 is 4.74 Å². The summed E-state index contributed by atoms with van der Waals surface area (Å²) in [7, 11) is 0. The van der Waals surface area contributed by atoms with E-state index in [0.717, 1.165) is 12.1 Å². The molecule has 3 saturated heterocycles. The highest BCUT2D eigenvalue weighted by Crippen LogP contribution is 2.37. The molecule has 6 nitrogen and oxygen atoms in total. The van der Waals surface area contributed by atoms with E-state index < -0.39 is 17.6 Å². The third kappa shape index (κ3) is 5.16. The van der Waals surface area contributed by atoms with Crippen LogP contribution in [-0.2, 0) is 15.7 Å². The van der Waals surface area contributed by atoms with Gasteiger partial charge in [0.1, 0.15) is 23.7 Å². The number of urea groups is 1. The molecule has 1 aromatic carbocycles. The highest BCUT2D eigenvalue weighted by atomic mass is 19.4. The fourth-order valence-electron chi connectivity index (χ4n) is 4.70. The van der Waals surface area contributed by atoms with Gasteiger partial charge in [-0.3, -0.25) is 4.79 Å². The summed E-state index contributed by atoms with van der Waals surface area (Å²) in [6, 6.07) is 2.31. The van der Waals surface area contributed by atoms with Crippen LogP contribution in [0, 0.1) is 17.7 Å². The van der Waals surface area contributed by atoms with Gasteiger partial charge in [0.15, 0.2) is 5.78 Å². The van der Waals surface area contributed by atoms with Crippen molar-refractivity contribution in [3.8, 4) is 5.75 Å². The minimum absolute atomic E-state index is 0.000268. The number of hydrogen-bond donors (Lipinski definition) is 0. The summed E-state index contributed by atoms with van der Waals surface area (Å²) in [5.41, 5.74) is -1.13. The molecule has 0 spiro atoms. The third-order valence-electron chi connectivity index (χ3n) is 6.49. The van der Waals surface area contributed by atoms with Gasteiger partial charge in [-0.15, -0.1) is 0 Å². The van der Waals surface area contributed by atoms with Crippen molar-refractivity contribution in [2.24, 2.45) is 11.8 Å². The van der Waals surface area contributed by atoms with E-state index in [1.165, 1.54) is 0 Å². The number of amides is 2. The molecule has 176 valence electrons. The van der Waals surface area contributed by atoms with Gasteiger partial charge in [-0.1, -0.05) is 0 Å². The van der Waals surface area contributed by atoms with Gasteiger partial charge >= 0.3 is 12.2 Å². The maximum absolute atomic E-state index is 13.2. The number of alkyl halides is 3. The lowest BCUT2D eigenvalue weighted by Gasteiger charge is -2.43. The van der Waals surface area contributed by atoms with Crippen molar-refractivity contribution in [1.29, 1.82) is 0 Å². The number of benzene rings is 1. The molecule has 4 rings (SSSR count). The van der Waals surface area contributed by atoms with Crippen LogP contribution in [-0.4, -0.2) is 67.1 Å². The Balaban J connectivity index is 1.27. The van der Waals surface area contributed by atoms with E-state index in [0.29, 0.717) is 57.9 Å². The molecule has 0 saturated carbocycles. The van der Waals surface area contributed by atoms with E-state index in [2.05, 4.69) is 0 Å². The molecule has 1 aromatic rings. The Morgan fingerprint density at radius 2 is 1.84 bits per heavy atom. The highest BCUT2D eigenvalue weighted by molar-refractivity contribution is 5.81. The van der Waals surface area contributed by atoms with Crippen LogP contribution >= 0.6 is 0 Å². The molecule has 0 radical (unpaired) electrons. The molecule has 0 N–H and O–H groups in total. The molecule has 3 aliphatic heterocycles. The summed E-state index contributed by atoms with van der Waals surface area (Å²) in [6.07, 6.45) is -2.29. The lowest BCUT2D eigenvalue weighted by atomic mass is 9.88. The molecule has 2 amide bonds. The van der Waals surface area contributed by atoms with Gasteiger partial charge in [-0.05, 0) is 43.4 Å². The Morgan fingerprint density at radius 3 is 2.56 bits per heavy atom. The Labute approximate surface area is 183 Å². The molecule has 0 unspecified atom stereocenters. The van der Waals surface area contributed by atoms with Gasteiger partial charge in [0.05, 0.1) is 12.7 Å². The molecule has 3 fully saturated rings. The lowest BCUT2D eigenvalue weighted by Crippen LogP contribution is -2.54. The standard InChI is InChI=1S/C22H26F4N2O4/c23-16-1-2-20(18(10-16)22(24,25)26)31-12-14-3-6-27(7-4-14)21(30)28-8-5-19-15(11-28)9-17(29)13-32-19/h1-2,10,14-15,19H,3-9,11-13H2/t15-,19+/m1/s1. The number of nitrogens with zero attached hydrogens (tertiary/aromatic N) is 2. The second kappa shape index (κ2) is 9.25. The average molecular weight is 458 g/mol. The van der Waals surface area contributed by atoms with Crippen molar-refractivity contribution in [3.05, 3.63) is 29.6 Å². The minimum Gasteiger partial charge on any atom is -0.493 e. The van der Waals surface area contributed by atoms with Crippen LogP contribution in [0.3, 0.4) is 0 Å². The van der Waals surface area contributed by atoms with Crippen LogP contribution in [0.15, 0.2) is 18.2 Å². The summed E-state index contributed by atoms with van der Waals surface area (Å²) in [5, 5.41) is 0. The summed E-state index contributed by atoms with van der Waals surface area (Å²) < 4.78 is 63.5. The van der Waals surface area contributed by atoms with Crippen molar-refractivity contribution in [1.82, 2.24) is 9.80 Å². The smallest absolute Gasteiger partial charge is 0.420 e. The van der Waals surface area contributed by atoms with E-state index in [1.807, 2.05) is 0 Å². The fourth-order valence-corrected chi connectivity index (χ4v) is 4.70. The van der Waals surface area contributed by atoms with Crippen molar-refractivity contribution in [2.45, 2.75) is 38.0 Å². The van der Waals surface area contributed by atoms with E-state index in [-0.39, 0.29) is 48.7 Å². The average Bonchev–Trinajstić information content (AvgIpc) is 2.77. The van der Waals surface area contributed by atoms with Crippen LogP contribution in [0.25, 0.3) is 0 Å². The van der Waals surface area contributed by atoms with E-state index in [4.69, 9.17) is 9.47 Å². The van der Waals surface area contributed by atoms with E-state index >= 15 is 0 Å². The molecule has 0 aliphatic carbocycles. The predicted molar refractivity (Wildman–Crippen MR) is 106 cm³/mol. The van der Waals surface area contributed by atoms with Crippen LogP contribution in [0.1, 0.15) is 31.2 Å². The van der Waals surface area contributed by atoms with E-state index in [1.54, 1.807) is 9.80 Å². The quantitative estimate of drug-likeness (QED) is 0.648. The van der Waals surface area contributed by atoms with Crippen molar-refractivity contribution in [3.63, 3.8) is 0 Å². The van der Waals surface area contributed by atoms with Gasteiger partial charge in [0, 0.05) is 38.5 Å². The Morgan fingerprint density at radius 1 is 1.12 bits per heavy atom. The SMILES string of the molecule is O=C1CO[C@H]2CCN(C(=O)N3CCC(COc4ccc(F)cc4C(F)(F)F)CC3)C[C@H]2C1. The number of Topliss-reactive ketones (excluding diaryl/α,β-unsaturated/α-hetero) is 1. The molecular weight excluding hydrogens is 432 g/mol. The molecule has 3 heterocycles. The van der Waals surface area contributed by atoms with Crippen LogP contribution in [0.2, 0.25) is 0 Å². The largest absolute Gasteiger partial charge is 0.493 e. The Hall–Kier alpha value is -2.36. The Kier molecular flexibility index (Phi) is 6.60. The molecule has 3 aliphatic rings. The summed E-state index contributed by atoms with van der Waals surface area (Å²) in [5.74, 6) is -1.25. The van der Waals surface area contributed by atoms with Gasteiger partial charge < -0.3 is 19.3 Å². The number of likely N-dealkylation sites (tertiary alicyclic amines) is 2. The van der Waals surface area contributed by atoms with E-state index in [9.17, 15) is 27.2 Å². The van der Waals surface area contributed by atoms with Crippen LogP contribution in [0.5, 0.6) is 5.75 Å². The topological polar surface area (TPSA) is 59.1 Å². The maximum Gasteiger partial charge on any atom is 0.420 e. The third-order valence-corrected chi connectivity index (χ3v) is 6.49. The summed E-state index contributed by atoms with van der Waals surface area (Å²) in [4.78, 5) is 28.1. The second-order valence-electron chi connectivity index (χ2n) is 8.75. The zero-order valence-corrected chi connectivity index (χ0v) is 17.6. The molecule has 0 bridgehead atoms. The molecule has 0 aromatic heterocycles. The molecule has 2 atom stereocenters. The summed E-state index contributed by atoms with van der Waals surface area (Å²) in [6.45, 7) is 2.30. The molecule has 32 heavy (non-hydrogen) atoms. The first-order valence-electron chi connectivity index (χ1n) is 10.9. The first kappa shape index (κ1) is 22.8. The number of ether oxygens (including phenoxy) is 2. The van der Waals surface area contributed by atoms with Gasteiger partial charge in [-0.25, -0.2) is 9.18 Å². The van der Waals surface area contributed by atoms with Crippen molar-refractivity contribution < 1.29 is 36.6 Å².